The Morgan fingerprint density at radius 3 is 2.60 bits per heavy atom. The van der Waals surface area contributed by atoms with Gasteiger partial charge >= 0.3 is 0 Å². The third-order valence-corrected chi connectivity index (χ3v) is 2.86. The average Bonchev–Trinajstić information content (AvgIpc) is 2.43. The molecule has 3 N–H and O–H groups in total. The smallest absolute Gasteiger partial charge is 0.251 e. The van der Waals surface area contributed by atoms with Crippen LogP contribution in [0.3, 0.4) is 0 Å². The maximum absolute atomic E-state index is 13.0. The summed E-state index contributed by atoms with van der Waals surface area (Å²) >= 11 is 0. The third-order valence-electron chi connectivity index (χ3n) is 2.86. The third kappa shape index (κ3) is 2.88. The largest absolute Gasteiger partial charge is 0.455 e. The lowest BCUT2D eigenvalue weighted by Crippen LogP contribution is -2.17. The summed E-state index contributed by atoms with van der Waals surface area (Å²) in [6.07, 6.45) is 0. The van der Waals surface area contributed by atoms with Gasteiger partial charge in [-0.2, -0.15) is 0 Å². The van der Waals surface area contributed by atoms with Gasteiger partial charge < -0.3 is 15.8 Å². The Morgan fingerprint density at radius 1 is 1.20 bits per heavy atom. The number of carbonyl (C=O) groups excluding carboxylic acids is 1. The molecular weight excluding hydrogens is 259 g/mol. The normalized spacial score (nSPS) is 10.2. The van der Waals surface area contributed by atoms with E-state index >= 15 is 0 Å². The molecule has 5 heteroatoms. The highest BCUT2D eigenvalue weighted by Gasteiger charge is 2.10. The van der Waals surface area contributed by atoms with Crippen LogP contribution in [0.5, 0.6) is 11.5 Å². The second kappa shape index (κ2) is 5.61. The zero-order valence-electron chi connectivity index (χ0n) is 11.2. The van der Waals surface area contributed by atoms with E-state index in [2.05, 4.69) is 5.32 Å². The van der Waals surface area contributed by atoms with Gasteiger partial charge in [0.2, 0.25) is 0 Å². The Labute approximate surface area is 116 Å². The Kier molecular flexibility index (Phi) is 3.89. The van der Waals surface area contributed by atoms with Crippen molar-refractivity contribution in [3.05, 3.63) is 53.3 Å². The number of halogens is 1. The molecule has 0 aromatic heterocycles. The lowest BCUT2D eigenvalue weighted by Gasteiger charge is -2.12. The minimum absolute atomic E-state index is 0.231. The number of hydrogen-bond acceptors (Lipinski definition) is 3. The number of carbonyl (C=O) groups is 1. The molecule has 0 heterocycles. The Bertz CT molecular complexity index is 656. The van der Waals surface area contributed by atoms with Gasteiger partial charge in [0, 0.05) is 12.6 Å². The standard InChI is InChI=1S/C15H15FN2O2/c1-9-7-11(16)4-6-13(9)20-14-8-10(15(19)18-2)3-5-12(14)17/h3-8H,17H2,1-2H3,(H,18,19). The number of anilines is 1. The molecule has 1 amide bonds. The predicted molar refractivity (Wildman–Crippen MR) is 75.5 cm³/mol. The van der Waals surface area contributed by atoms with Gasteiger partial charge in [-0.1, -0.05) is 0 Å². The maximum atomic E-state index is 13.0. The SMILES string of the molecule is CNC(=O)c1ccc(N)c(Oc2ccc(F)cc2C)c1. The number of nitrogen functional groups attached to an aromatic ring is 1. The second-order valence-corrected chi connectivity index (χ2v) is 4.34. The van der Waals surface area contributed by atoms with Crippen molar-refractivity contribution in [3.63, 3.8) is 0 Å². The molecule has 104 valence electrons. The van der Waals surface area contributed by atoms with Gasteiger partial charge in [0.25, 0.3) is 5.91 Å². The van der Waals surface area contributed by atoms with Crippen LogP contribution in [0.25, 0.3) is 0 Å². The summed E-state index contributed by atoms with van der Waals surface area (Å²) in [4.78, 5) is 11.6. The fourth-order valence-corrected chi connectivity index (χ4v) is 1.75. The first kappa shape index (κ1) is 13.9. The van der Waals surface area contributed by atoms with E-state index in [4.69, 9.17) is 10.5 Å². The first-order chi connectivity index (χ1) is 9.51. The molecule has 0 bridgehead atoms. The number of aryl methyl sites for hydroxylation is 1. The van der Waals surface area contributed by atoms with Gasteiger partial charge in [0.05, 0.1) is 5.69 Å². The highest BCUT2D eigenvalue weighted by atomic mass is 19.1. The van der Waals surface area contributed by atoms with E-state index in [-0.39, 0.29) is 11.7 Å². The summed E-state index contributed by atoms with van der Waals surface area (Å²) in [7, 11) is 1.54. The molecule has 0 spiro atoms. The Morgan fingerprint density at radius 2 is 1.95 bits per heavy atom. The highest BCUT2D eigenvalue weighted by molar-refractivity contribution is 5.95. The maximum Gasteiger partial charge on any atom is 0.251 e. The summed E-state index contributed by atoms with van der Waals surface area (Å²) in [6, 6.07) is 8.96. The van der Waals surface area contributed by atoms with Crippen molar-refractivity contribution in [1.29, 1.82) is 0 Å². The molecule has 0 aliphatic carbocycles. The van der Waals surface area contributed by atoms with E-state index in [1.165, 1.54) is 18.2 Å². The first-order valence-corrected chi connectivity index (χ1v) is 6.07. The van der Waals surface area contributed by atoms with E-state index in [0.29, 0.717) is 28.3 Å². The van der Waals surface area contributed by atoms with Crippen LogP contribution in [0.15, 0.2) is 36.4 Å². The average molecular weight is 274 g/mol. The molecule has 0 saturated carbocycles. The summed E-state index contributed by atoms with van der Waals surface area (Å²) in [5.74, 6) is 0.292. The van der Waals surface area contributed by atoms with Gasteiger partial charge in [0.1, 0.15) is 11.6 Å². The molecule has 0 aliphatic heterocycles. The van der Waals surface area contributed by atoms with Crippen molar-refractivity contribution < 1.29 is 13.9 Å². The molecule has 2 aromatic carbocycles. The van der Waals surface area contributed by atoms with E-state index in [9.17, 15) is 9.18 Å². The number of ether oxygens (including phenoxy) is 1. The van der Waals surface area contributed by atoms with Gasteiger partial charge in [-0.05, 0) is 48.9 Å². The number of nitrogens with two attached hydrogens (primary N) is 1. The number of nitrogens with one attached hydrogen (secondary N) is 1. The number of amides is 1. The first-order valence-electron chi connectivity index (χ1n) is 6.07. The quantitative estimate of drug-likeness (QED) is 0.846. The molecule has 0 saturated heterocycles. The van der Waals surface area contributed by atoms with E-state index in [1.54, 1.807) is 32.2 Å². The summed E-state index contributed by atoms with van der Waals surface area (Å²) in [5.41, 5.74) is 7.32. The van der Waals surface area contributed by atoms with Crippen molar-refractivity contribution in [3.8, 4) is 11.5 Å². The molecule has 2 rings (SSSR count). The van der Waals surface area contributed by atoms with Crippen LogP contribution in [0.2, 0.25) is 0 Å². The van der Waals surface area contributed by atoms with Crippen molar-refractivity contribution in [1.82, 2.24) is 5.32 Å². The Hall–Kier alpha value is -2.56. The molecule has 0 atom stereocenters. The van der Waals surface area contributed by atoms with Crippen LogP contribution in [-0.2, 0) is 0 Å². The molecule has 0 unspecified atom stereocenters. The Balaban J connectivity index is 2.35. The fraction of sp³-hybridized carbons (Fsp3) is 0.133. The molecule has 2 aromatic rings. The molecule has 0 radical (unpaired) electrons. The lowest BCUT2D eigenvalue weighted by atomic mass is 10.1. The van der Waals surface area contributed by atoms with Crippen LogP contribution in [0.4, 0.5) is 10.1 Å². The lowest BCUT2D eigenvalue weighted by molar-refractivity contribution is 0.0963. The van der Waals surface area contributed by atoms with Crippen molar-refractivity contribution in [2.45, 2.75) is 6.92 Å². The van der Waals surface area contributed by atoms with Gasteiger partial charge in [-0.25, -0.2) is 4.39 Å². The van der Waals surface area contributed by atoms with Gasteiger partial charge in [0.15, 0.2) is 5.75 Å². The predicted octanol–water partition coefficient (Wildman–Crippen LogP) is 2.87. The molecule has 0 aliphatic rings. The highest BCUT2D eigenvalue weighted by Crippen LogP contribution is 2.30. The second-order valence-electron chi connectivity index (χ2n) is 4.34. The van der Waals surface area contributed by atoms with Gasteiger partial charge in [-0.15, -0.1) is 0 Å². The molecule has 0 fully saturated rings. The van der Waals surface area contributed by atoms with Crippen molar-refractivity contribution in [2.75, 3.05) is 12.8 Å². The molecular formula is C15H15FN2O2. The van der Waals surface area contributed by atoms with Crippen molar-refractivity contribution >= 4 is 11.6 Å². The number of hydrogen-bond donors (Lipinski definition) is 2. The van der Waals surface area contributed by atoms with E-state index < -0.39 is 0 Å². The van der Waals surface area contributed by atoms with Crippen LogP contribution < -0.4 is 15.8 Å². The van der Waals surface area contributed by atoms with Crippen LogP contribution >= 0.6 is 0 Å². The zero-order valence-corrected chi connectivity index (χ0v) is 11.2. The van der Waals surface area contributed by atoms with Crippen LogP contribution in [0, 0.1) is 12.7 Å². The summed E-state index contributed by atoms with van der Waals surface area (Å²) < 4.78 is 18.7. The minimum Gasteiger partial charge on any atom is -0.455 e. The summed E-state index contributed by atoms with van der Waals surface area (Å²) in [5, 5.41) is 2.53. The van der Waals surface area contributed by atoms with E-state index in [1.807, 2.05) is 0 Å². The number of benzene rings is 2. The topological polar surface area (TPSA) is 64.4 Å². The van der Waals surface area contributed by atoms with Gasteiger partial charge in [-0.3, -0.25) is 4.79 Å². The van der Waals surface area contributed by atoms with E-state index in [0.717, 1.165) is 0 Å². The molecule has 20 heavy (non-hydrogen) atoms. The van der Waals surface area contributed by atoms with Crippen LogP contribution in [-0.4, -0.2) is 13.0 Å². The number of rotatable bonds is 3. The summed E-state index contributed by atoms with van der Waals surface area (Å²) in [6.45, 7) is 1.73. The monoisotopic (exact) mass is 274 g/mol. The minimum atomic E-state index is -0.332. The zero-order chi connectivity index (χ0) is 14.7. The van der Waals surface area contributed by atoms with Crippen LogP contribution in [0.1, 0.15) is 15.9 Å². The fourth-order valence-electron chi connectivity index (χ4n) is 1.75. The molecule has 4 nitrogen and oxygen atoms in total. The van der Waals surface area contributed by atoms with Crippen molar-refractivity contribution in [2.24, 2.45) is 0 Å².